The zero-order valence-electron chi connectivity index (χ0n) is 9.41. The van der Waals surface area contributed by atoms with Crippen molar-refractivity contribution in [3.05, 3.63) is 24.3 Å². The summed E-state index contributed by atoms with van der Waals surface area (Å²) in [5, 5.41) is 0. The van der Waals surface area contributed by atoms with Crippen molar-refractivity contribution in [3.8, 4) is 0 Å². The minimum absolute atomic E-state index is 0.169. The van der Waals surface area contributed by atoms with Crippen molar-refractivity contribution < 1.29 is 8.42 Å². The Bertz CT molecular complexity index is 502. The molecule has 0 aromatic heterocycles. The first-order chi connectivity index (χ1) is 8.08. The van der Waals surface area contributed by atoms with E-state index in [2.05, 4.69) is 4.40 Å². The average Bonchev–Trinajstić information content (AvgIpc) is 2.80. The van der Waals surface area contributed by atoms with E-state index in [1.54, 1.807) is 12.1 Å². The number of hydrogen-bond acceptors (Lipinski definition) is 3. The molecule has 2 rings (SSSR count). The van der Waals surface area contributed by atoms with Gasteiger partial charge in [-0.15, -0.1) is 4.40 Å². The Morgan fingerprint density at radius 1 is 1.18 bits per heavy atom. The van der Waals surface area contributed by atoms with Crippen LogP contribution in [0.1, 0.15) is 12.8 Å². The summed E-state index contributed by atoms with van der Waals surface area (Å²) < 4.78 is 27.3. The van der Waals surface area contributed by atoms with E-state index in [9.17, 15) is 8.42 Å². The number of rotatable bonds is 3. The molecule has 1 fully saturated rings. The Kier molecular flexibility index (Phi) is 3.33. The van der Waals surface area contributed by atoms with Gasteiger partial charge in [-0.1, -0.05) is 0 Å². The molecule has 17 heavy (non-hydrogen) atoms. The van der Waals surface area contributed by atoms with E-state index >= 15 is 0 Å². The molecule has 1 aliphatic heterocycles. The minimum atomic E-state index is -3.59. The molecule has 0 spiro atoms. The van der Waals surface area contributed by atoms with Gasteiger partial charge in [-0.2, -0.15) is 8.42 Å². The van der Waals surface area contributed by atoms with Gasteiger partial charge in [0.1, 0.15) is 6.34 Å². The van der Waals surface area contributed by atoms with Crippen molar-refractivity contribution in [3.63, 3.8) is 0 Å². The zero-order chi connectivity index (χ0) is 12.3. The van der Waals surface area contributed by atoms with Crippen LogP contribution in [0.25, 0.3) is 0 Å². The van der Waals surface area contributed by atoms with E-state index in [4.69, 9.17) is 5.73 Å². The molecule has 1 heterocycles. The monoisotopic (exact) mass is 253 g/mol. The quantitative estimate of drug-likeness (QED) is 0.497. The standard InChI is InChI=1S/C11H15N3O2S/c12-10-3-5-11(6-4-10)17(15,16)13-9-14-7-1-2-8-14/h3-6,9H,1-2,7-8,12H2. The number of benzene rings is 1. The van der Waals surface area contributed by atoms with E-state index in [1.165, 1.54) is 18.5 Å². The highest BCUT2D eigenvalue weighted by molar-refractivity contribution is 7.90. The number of likely N-dealkylation sites (tertiary alicyclic amines) is 1. The molecule has 2 N–H and O–H groups in total. The van der Waals surface area contributed by atoms with Gasteiger partial charge in [-0.05, 0) is 37.1 Å². The molecule has 92 valence electrons. The number of anilines is 1. The van der Waals surface area contributed by atoms with Crippen molar-refractivity contribution >= 4 is 22.0 Å². The van der Waals surface area contributed by atoms with Gasteiger partial charge in [0.15, 0.2) is 0 Å². The fraction of sp³-hybridized carbons (Fsp3) is 0.364. The van der Waals surface area contributed by atoms with Gasteiger partial charge < -0.3 is 10.6 Å². The Labute approximate surface area is 101 Å². The largest absolute Gasteiger partial charge is 0.399 e. The Morgan fingerprint density at radius 3 is 2.35 bits per heavy atom. The lowest BCUT2D eigenvalue weighted by Crippen LogP contribution is -2.17. The molecular weight excluding hydrogens is 238 g/mol. The molecule has 0 aliphatic carbocycles. The summed E-state index contributed by atoms with van der Waals surface area (Å²) in [6.45, 7) is 1.75. The first-order valence-corrected chi connectivity index (χ1v) is 6.92. The van der Waals surface area contributed by atoms with Crippen LogP contribution >= 0.6 is 0 Å². The van der Waals surface area contributed by atoms with Gasteiger partial charge in [0.05, 0.1) is 4.90 Å². The highest BCUT2D eigenvalue weighted by atomic mass is 32.2. The topological polar surface area (TPSA) is 75.8 Å². The number of nitrogens with zero attached hydrogens (tertiary/aromatic N) is 2. The molecule has 0 unspecified atom stereocenters. The lowest BCUT2D eigenvalue weighted by atomic mass is 10.3. The van der Waals surface area contributed by atoms with Crippen molar-refractivity contribution in [1.82, 2.24) is 4.90 Å². The molecular formula is C11H15N3O2S. The van der Waals surface area contributed by atoms with Gasteiger partial charge in [-0.25, -0.2) is 0 Å². The van der Waals surface area contributed by atoms with Crippen LogP contribution in [-0.4, -0.2) is 32.7 Å². The smallest absolute Gasteiger partial charge is 0.283 e. The predicted octanol–water partition coefficient (Wildman–Crippen LogP) is 1.08. The second-order valence-electron chi connectivity index (χ2n) is 4.01. The number of nitrogens with two attached hydrogens (primary N) is 1. The summed E-state index contributed by atoms with van der Waals surface area (Å²) >= 11 is 0. The normalized spacial score (nSPS) is 16.8. The van der Waals surface area contributed by atoms with Gasteiger partial charge in [0.2, 0.25) is 0 Å². The zero-order valence-corrected chi connectivity index (χ0v) is 10.2. The first-order valence-electron chi connectivity index (χ1n) is 5.48. The van der Waals surface area contributed by atoms with E-state index in [1.807, 2.05) is 4.90 Å². The van der Waals surface area contributed by atoms with Crippen LogP contribution in [0.4, 0.5) is 5.69 Å². The maximum atomic E-state index is 11.8. The van der Waals surface area contributed by atoms with Crippen LogP contribution in [0.5, 0.6) is 0 Å². The highest BCUT2D eigenvalue weighted by Gasteiger charge is 2.13. The summed E-state index contributed by atoms with van der Waals surface area (Å²) in [6, 6.07) is 6.04. The van der Waals surface area contributed by atoms with Gasteiger partial charge >= 0.3 is 0 Å². The fourth-order valence-corrected chi connectivity index (χ4v) is 2.55. The maximum Gasteiger partial charge on any atom is 0.283 e. The van der Waals surface area contributed by atoms with Crippen LogP contribution in [0.2, 0.25) is 0 Å². The molecule has 0 radical (unpaired) electrons. The lowest BCUT2D eigenvalue weighted by Gasteiger charge is -2.08. The third kappa shape index (κ3) is 2.97. The molecule has 5 nitrogen and oxygen atoms in total. The van der Waals surface area contributed by atoms with Crippen molar-refractivity contribution in [2.75, 3.05) is 18.8 Å². The summed E-state index contributed by atoms with van der Waals surface area (Å²) in [7, 11) is -3.59. The van der Waals surface area contributed by atoms with Crippen LogP contribution in [0.15, 0.2) is 33.6 Å². The predicted molar refractivity (Wildman–Crippen MR) is 67.3 cm³/mol. The maximum absolute atomic E-state index is 11.8. The minimum Gasteiger partial charge on any atom is -0.399 e. The SMILES string of the molecule is Nc1ccc(S(=O)(=O)N=CN2CCCC2)cc1. The molecule has 1 aliphatic rings. The second-order valence-corrected chi connectivity index (χ2v) is 5.64. The van der Waals surface area contributed by atoms with Crippen molar-refractivity contribution in [2.24, 2.45) is 4.40 Å². The van der Waals surface area contributed by atoms with Crippen LogP contribution in [-0.2, 0) is 10.0 Å². The number of nitrogen functional groups attached to an aromatic ring is 1. The molecule has 0 saturated carbocycles. The van der Waals surface area contributed by atoms with Crippen molar-refractivity contribution in [2.45, 2.75) is 17.7 Å². The average molecular weight is 253 g/mol. The van der Waals surface area contributed by atoms with E-state index < -0.39 is 10.0 Å². The summed E-state index contributed by atoms with van der Waals surface area (Å²) in [4.78, 5) is 2.08. The third-order valence-electron chi connectivity index (χ3n) is 2.67. The second kappa shape index (κ2) is 4.75. The van der Waals surface area contributed by atoms with Crippen LogP contribution in [0.3, 0.4) is 0 Å². The van der Waals surface area contributed by atoms with E-state index in [0.29, 0.717) is 5.69 Å². The van der Waals surface area contributed by atoms with Crippen LogP contribution < -0.4 is 5.73 Å². The third-order valence-corrected chi connectivity index (χ3v) is 3.91. The molecule has 0 atom stereocenters. The first kappa shape index (κ1) is 11.9. The summed E-state index contributed by atoms with van der Waals surface area (Å²) in [5.41, 5.74) is 6.04. The lowest BCUT2D eigenvalue weighted by molar-refractivity contribution is 0.535. The summed E-state index contributed by atoms with van der Waals surface area (Å²) in [5.74, 6) is 0. The fourth-order valence-electron chi connectivity index (χ4n) is 1.69. The molecule has 1 aromatic rings. The molecule has 0 amide bonds. The van der Waals surface area contributed by atoms with E-state index in [-0.39, 0.29) is 4.90 Å². The molecule has 6 heteroatoms. The highest BCUT2D eigenvalue weighted by Crippen LogP contribution is 2.14. The summed E-state index contributed by atoms with van der Waals surface area (Å²) in [6.07, 6.45) is 3.60. The number of sulfonamides is 1. The number of hydrogen-bond donors (Lipinski definition) is 1. The Hall–Kier alpha value is -1.56. The van der Waals surface area contributed by atoms with Gasteiger partial charge in [-0.3, -0.25) is 0 Å². The van der Waals surface area contributed by atoms with Gasteiger partial charge in [0, 0.05) is 18.8 Å². The van der Waals surface area contributed by atoms with Gasteiger partial charge in [0.25, 0.3) is 10.0 Å². The van der Waals surface area contributed by atoms with Crippen LogP contribution in [0, 0.1) is 0 Å². The Balaban J connectivity index is 2.15. The van der Waals surface area contributed by atoms with Crippen molar-refractivity contribution in [1.29, 1.82) is 0 Å². The van der Waals surface area contributed by atoms with E-state index in [0.717, 1.165) is 25.9 Å². The Morgan fingerprint density at radius 2 is 1.76 bits per heavy atom. The molecule has 1 aromatic carbocycles. The molecule has 1 saturated heterocycles. The molecule has 0 bridgehead atoms.